The highest BCUT2D eigenvalue weighted by atomic mass is 79.9. The monoisotopic (exact) mass is 411 g/mol. The summed E-state index contributed by atoms with van der Waals surface area (Å²) in [5, 5.41) is 4.13. The second-order valence-electron chi connectivity index (χ2n) is 3.82. The molecular formula is C13H6BrCl4NO. The maximum atomic E-state index is 12.2. The van der Waals surface area contributed by atoms with Crippen molar-refractivity contribution in [1.29, 1.82) is 0 Å². The number of hydrogen-bond donors (Lipinski definition) is 1. The summed E-state index contributed by atoms with van der Waals surface area (Å²) in [7, 11) is 0. The molecule has 0 saturated heterocycles. The Balaban J connectivity index is 2.30. The van der Waals surface area contributed by atoms with Crippen molar-refractivity contribution >= 4 is 73.9 Å². The Kier molecular flexibility index (Phi) is 5.21. The number of halogens is 5. The van der Waals surface area contributed by atoms with Gasteiger partial charge in [0, 0.05) is 9.50 Å². The number of carbonyl (C=O) groups is 1. The van der Waals surface area contributed by atoms with Gasteiger partial charge in [-0.2, -0.15) is 0 Å². The minimum absolute atomic E-state index is 0.304. The molecule has 0 heterocycles. The predicted octanol–water partition coefficient (Wildman–Crippen LogP) is 6.32. The normalized spacial score (nSPS) is 10.4. The Bertz CT molecular complexity index is 690. The Labute approximate surface area is 144 Å². The Morgan fingerprint density at radius 2 is 1.60 bits per heavy atom. The molecule has 104 valence electrons. The molecule has 0 fully saturated rings. The topological polar surface area (TPSA) is 29.1 Å². The van der Waals surface area contributed by atoms with E-state index in [4.69, 9.17) is 46.4 Å². The summed E-state index contributed by atoms with van der Waals surface area (Å²) >= 11 is 26.8. The summed E-state index contributed by atoms with van der Waals surface area (Å²) in [6.07, 6.45) is 0. The number of nitrogens with one attached hydrogen (secondary N) is 1. The fourth-order valence-corrected chi connectivity index (χ4v) is 2.94. The molecule has 2 aromatic rings. The van der Waals surface area contributed by atoms with Gasteiger partial charge < -0.3 is 5.32 Å². The first-order valence-electron chi connectivity index (χ1n) is 5.29. The van der Waals surface area contributed by atoms with Gasteiger partial charge in [0.15, 0.2) is 0 Å². The molecule has 0 radical (unpaired) electrons. The van der Waals surface area contributed by atoms with E-state index in [0.29, 0.717) is 35.8 Å². The van der Waals surface area contributed by atoms with Crippen molar-refractivity contribution < 1.29 is 4.79 Å². The third kappa shape index (κ3) is 3.60. The zero-order valence-electron chi connectivity index (χ0n) is 9.68. The number of amides is 1. The van der Waals surface area contributed by atoms with Gasteiger partial charge in [0.25, 0.3) is 5.91 Å². The van der Waals surface area contributed by atoms with Gasteiger partial charge >= 0.3 is 0 Å². The van der Waals surface area contributed by atoms with Gasteiger partial charge in [0.1, 0.15) is 0 Å². The van der Waals surface area contributed by atoms with Crippen LogP contribution in [-0.4, -0.2) is 5.91 Å². The zero-order chi connectivity index (χ0) is 14.9. The van der Waals surface area contributed by atoms with Crippen molar-refractivity contribution in [2.45, 2.75) is 0 Å². The van der Waals surface area contributed by atoms with Crippen LogP contribution in [0.3, 0.4) is 0 Å². The lowest BCUT2D eigenvalue weighted by molar-refractivity contribution is 0.102. The number of anilines is 1. The van der Waals surface area contributed by atoms with E-state index < -0.39 is 0 Å². The molecule has 2 aromatic carbocycles. The van der Waals surface area contributed by atoms with Crippen LogP contribution in [0.1, 0.15) is 10.4 Å². The van der Waals surface area contributed by atoms with E-state index in [0.717, 1.165) is 0 Å². The molecule has 20 heavy (non-hydrogen) atoms. The molecule has 2 rings (SSSR count). The van der Waals surface area contributed by atoms with E-state index in [1.807, 2.05) is 0 Å². The van der Waals surface area contributed by atoms with E-state index >= 15 is 0 Å². The number of benzene rings is 2. The van der Waals surface area contributed by atoms with Crippen LogP contribution in [0.4, 0.5) is 5.69 Å². The minimum atomic E-state index is -0.339. The van der Waals surface area contributed by atoms with Crippen LogP contribution < -0.4 is 5.32 Å². The standard InChI is InChI=1S/C13H6BrCl4NO/c14-8-3-6(15)1-2-7(8)13(20)19-12-5-10(17)9(16)4-11(12)18/h1-5H,(H,19,20). The first-order chi connectivity index (χ1) is 9.38. The van der Waals surface area contributed by atoms with Crippen molar-refractivity contribution in [2.75, 3.05) is 5.32 Å². The average Bonchev–Trinajstić information content (AvgIpc) is 2.35. The van der Waals surface area contributed by atoms with Crippen LogP contribution in [0.2, 0.25) is 20.1 Å². The van der Waals surface area contributed by atoms with E-state index in [1.54, 1.807) is 18.2 Å². The van der Waals surface area contributed by atoms with Gasteiger partial charge in [-0.3, -0.25) is 4.79 Å². The van der Waals surface area contributed by atoms with Crippen molar-refractivity contribution in [3.05, 3.63) is 60.5 Å². The van der Waals surface area contributed by atoms with Gasteiger partial charge in [-0.05, 0) is 46.3 Å². The van der Waals surface area contributed by atoms with Crippen LogP contribution in [-0.2, 0) is 0 Å². The summed E-state index contributed by atoms with van der Waals surface area (Å²) in [6, 6.07) is 7.82. The quantitative estimate of drug-likeness (QED) is 0.574. The maximum Gasteiger partial charge on any atom is 0.256 e. The molecule has 0 aliphatic rings. The number of rotatable bonds is 2. The molecule has 2 nitrogen and oxygen atoms in total. The van der Waals surface area contributed by atoms with Crippen LogP contribution in [0.25, 0.3) is 0 Å². The Morgan fingerprint density at radius 1 is 0.950 bits per heavy atom. The lowest BCUT2D eigenvalue weighted by Crippen LogP contribution is -2.12. The Morgan fingerprint density at radius 3 is 2.25 bits per heavy atom. The third-order valence-corrected chi connectivity index (χ3v) is 4.36. The van der Waals surface area contributed by atoms with Crippen molar-refractivity contribution in [3.63, 3.8) is 0 Å². The smallest absolute Gasteiger partial charge is 0.256 e. The molecule has 7 heteroatoms. The lowest BCUT2D eigenvalue weighted by atomic mass is 10.2. The summed E-state index contributed by atoms with van der Waals surface area (Å²) < 4.78 is 0.582. The highest BCUT2D eigenvalue weighted by Crippen LogP contribution is 2.33. The molecule has 1 amide bonds. The van der Waals surface area contributed by atoms with Crippen LogP contribution in [0.5, 0.6) is 0 Å². The molecule has 0 saturated carbocycles. The van der Waals surface area contributed by atoms with E-state index in [1.165, 1.54) is 12.1 Å². The maximum absolute atomic E-state index is 12.2. The first kappa shape index (κ1) is 15.9. The third-order valence-electron chi connectivity index (χ3n) is 2.43. The highest BCUT2D eigenvalue weighted by Gasteiger charge is 2.13. The van der Waals surface area contributed by atoms with Crippen molar-refractivity contribution in [1.82, 2.24) is 0 Å². The predicted molar refractivity (Wildman–Crippen MR) is 88.6 cm³/mol. The fourth-order valence-electron chi connectivity index (χ4n) is 1.48. The molecule has 0 unspecified atom stereocenters. The number of carbonyl (C=O) groups excluding carboxylic acids is 1. The van der Waals surface area contributed by atoms with E-state index in [-0.39, 0.29) is 5.91 Å². The molecular weight excluding hydrogens is 408 g/mol. The molecule has 1 N–H and O–H groups in total. The van der Waals surface area contributed by atoms with Gasteiger partial charge in [-0.25, -0.2) is 0 Å². The largest absolute Gasteiger partial charge is 0.321 e. The minimum Gasteiger partial charge on any atom is -0.321 e. The molecule has 0 spiro atoms. The first-order valence-corrected chi connectivity index (χ1v) is 7.60. The lowest BCUT2D eigenvalue weighted by Gasteiger charge is -2.10. The highest BCUT2D eigenvalue weighted by molar-refractivity contribution is 9.10. The summed E-state index contributed by atoms with van der Waals surface area (Å²) in [4.78, 5) is 12.2. The van der Waals surface area contributed by atoms with Crippen LogP contribution in [0, 0.1) is 0 Å². The van der Waals surface area contributed by atoms with Crippen molar-refractivity contribution in [3.8, 4) is 0 Å². The molecule has 0 aliphatic heterocycles. The molecule has 0 aliphatic carbocycles. The Hall–Kier alpha value is -0.450. The van der Waals surface area contributed by atoms with Crippen LogP contribution in [0.15, 0.2) is 34.8 Å². The van der Waals surface area contributed by atoms with Crippen molar-refractivity contribution in [2.24, 2.45) is 0 Å². The summed E-state index contributed by atoms with van der Waals surface area (Å²) in [5.74, 6) is -0.339. The van der Waals surface area contributed by atoms with Gasteiger partial charge in [-0.1, -0.05) is 46.4 Å². The summed E-state index contributed by atoms with van der Waals surface area (Å²) in [5.41, 5.74) is 0.810. The van der Waals surface area contributed by atoms with E-state index in [2.05, 4.69) is 21.2 Å². The number of hydrogen-bond acceptors (Lipinski definition) is 1. The van der Waals surface area contributed by atoms with Gasteiger partial charge in [-0.15, -0.1) is 0 Å². The second kappa shape index (κ2) is 6.54. The van der Waals surface area contributed by atoms with E-state index in [9.17, 15) is 4.79 Å². The average molecular weight is 414 g/mol. The summed E-state index contributed by atoms with van der Waals surface area (Å²) in [6.45, 7) is 0. The fraction of sp³-hybridized carbons (Fsp3) is 0. The zero-order valence-corrected chi connectivity index (χ0v) is 14.3. The van der Waals surface area contributed by atoms with Gasteiger partial charge in [0.2, 0.25) is 0 Å². The molecule has 0 aromatic heterocycles. The molecule has 0 atom stereocenters. The second-order valence-corrected chi connectivity index (χ2v) is 6.34. The SMILES string of the molecule is O=C(Nc1cc(Cl)c(Cl)cc1Cl)c1ccc(Cl)cc1Br. The molecule has 0 bridgehead atoms. The van der Waals surface area contributed by atoms with Gasteiger partial charge in [0.05, 0.1) is 26.3 Å². The van der Waals surface area contributed by atoms with Crippen LogP contribution >= 0.6 is 62.3 Å².